The zero-order valence-electron chi connectivity index (χ0n) is 11.3. The van der Waals surface area contributed by atoms with Crippen molar-refractivity contribution in [1.29, 1.82) is 0 Å². The van der Waals surface area contributed by atoms with Crippen LogP contribution in [0, 0.1) is 0 Å². The second-order valence-electron chi connectivity index (χ2n) is 4.60. The molecule has 0 unspecified atom stereocenters. The predicted molar refractivity (Wildman–Crippen MR) is 80.1 cm³/mol. The molecular weight excluding hydrogens is 284 g/mol. The molecule has 0 bridgehead atoms. The molecule has 2 rings (SSSR count). The highest BCUT2D eigenvalue weighted by molar-refractivity contribution is 7.09. The molecule has 1 aliphatic rings. The van der Waals surface area contributed by atoms with Crippen LogP contribution in [0.15, 0.2) is 17.5 Å². The molecule has 1 saturated heterocycles. The number of hydrogen-bond acceptors (Lipinski definition) is 4. The van der Waals surface area contributed by atoms with E-state index in [0.29, 0.717) is 6.61 Å². The molecule has 1 aliphatic heterocycles. The first-order chi connectivity index (χ1) is 8.68. The third kappa shape index (κ3) is 4.45. The Morgan fingerprint density at radius 3 is 3.05 bits per heavy atom. The number of carbonyl (C=O) groups excluding carboxylic acids is 1. The van der Waals surface area contributed by atoms with Gasteiger partial charge in [0.2, 0.25) is 5.91 Å². The fourth-order valence-electron chi connectivity index (χ4n) is 2.09. The Bertz CT molecular complexity index is 386. The fourth-order valence-corrected chi connectivity index (χ4v) is 2.79. The Morgan fingerprint density at radius 1 is 1.63 bits per heavy atom. The molecule has 0 radical (unpaired) electrons. The average Bonchev–Trinajstić information content (AvgIpc) is 2.89. The first-order valence-electron chi connectivity index (χ1n) is 6.31. The lowest BCUT2D eigenvalue weighted by atomic mass is 10.1. The Kier molecular flexibility index (Phi) is 6.79. The van der Waals surface area contributed by atoms with Gasteiger partial charge in [0.1, 0.15) is 6.04 Å². The van der Waals surface area contributed by atoms with Crippen LogP contribution in [0.25, 0.3) is 0 Å². The fraction of sp³-hybridized carbons (Fsp3) is 0.615. The number of nitrogens with zero attached hydrogens (tertiary/aromatic N) is 1. The standard InChI is InChI=1S/C13H20N2O2S.ClH/c1-10-12(14-6-8-17-10)13(16)15(2)7-5-11-4-3-9-18-11;/h3-4,9-10,12,14H,5-8H2,1-2H3;1H/t10-,12+;/m1./s1. The second-order valence-corrected chi connectivity index (χ2v) is 5.63. The molecule has 6 heteroatoms. The van der Waals surface area contributed by atoms with E-state index in [0.717, 1.165) is 19.5 Å². The van der Waals surface area contributed by atoms with E-state index in [-0.39, 0.29) is 30.5 Å². The Balaban J connectivity index is 0.00000180. The molecule has 19 heavy (non-hydrogen) atoms. The van der Waals surface area contributed by atoms with E-state index in [1.54, 1.807) is 16.2 Å². The van der Waals surface area contributed by atoms with E-state index in [9.17, 15) is 4.79 Å². The molecule has 1 N–H and O–H groups in total. The summed E-state index contributed by atoms with van der Waals surface area (Å²) < 4.78 is 5.50. The highest BCUT2D eigenvalue weighted by Gasteiger charge is 2.30. The normalized spacial score (nSPS) is 22.6. The number of amides is 1. The molecule has 2 heterocycles. The number of rotatable bonds is 4. The van der Waals surface area contributed by atoms with Crippen molar-refractivity contribution in [2.45, 2.75) is 25.5 Å². The van der Waals surface area contributed by atoms with Gasteiger partial charge < -0.3 is 15.0 Å². The summed E-state index contributed by atoms with van der Waals surface area (Å²) in [6.07, 6.45) is 0.873. The van der Waals surface area contributed by atoms with Crippen LogP contribution in [0.3, 0.4) is 0 Å². The van der Waals surface area contributed by atoms with Gasteiger partial charge in [0.15, 0.2) is 0 Å². The maximum absolute atomic E-state index is 12.3. The summed E-state index contributed by atoms with van der Waals surface area (Å²) in [4.78, 5) is 15.4. The number of ether oxygens (including phenoxy) is 1. The molecule has 0 spiro atoms. The summed E-state index contributed by atoms with van der Waals surface area (Å²) in [6, 6.07) is 3.95. The lowest BCUT2D eigenvalue weighted by Gasteiger charge is -2.32. The van der Waals surface area contributed by atoms with Crippen LogP contribution in [-0.4, -0.2) is 49.7 Å². The zero-order valence-corrected chi connectivity index (χ0v) is 12.9. The van der Waals surface area contributed by atoms with Crippen molar-refractivity contribution in [1.82, 2.24) is 10.2 Å². The van der Waals surface area contributed by atoms with Gasteiger partial charge in [-0.15, -0.1) is 23.7 Å². The van der Waals surface area contributed by atoms with Gasteiger partial charge in [0.25, 0.3) is 0 Å². The largest absolute Gasteiger partial charge is 0.375 e. The molecule has 0 aromatic carbocycles. The maximum atomic E-state index is 12.3. The molecule has 1 fully saturated rings. The molecule has 1 aromatic rings. The van der Waals surface area contributed by atoms with Crippen LogP contribution in [0.2, 0.25) is 0 Å². The summed E-state index contributed by atoms with van der Waals surface area (Å²) in [7, 11) is 1.86. The molecule has 108 valence electrons. The first kappa shape index (κ1) is 16.4. The average molecular weight is 305 g/mol. The van der Waals surface area contributed by atoms with Crippen molar-refractivity contribution >= 4 is 29.7 Å². The molecule has 2 atom stereocenters. The minimum absolute atomic E-state index is 0. The summed E-state index contributed by atoms with van der Waals surface area (Å²) in [5, 5.41) is 5.29. The highest BCUT2D eigenvalue weighted by Crippen LogP contribution is 2.11. The first-order valence-corrected chi connectivity index (χ1v) is 7.19. The Morgan fingerprint density at radius 2 is 2.42 bits per heavy atom. The monoisotopic (exact) mass is 304 g/mol. The predicted octanol–water partition coefficient (Wildman–Crippen LogP) is 1.55. The quantitative estimate of drug-likeness (QED) is 0.917. The molecule has 4 nitrogen and oxygen atoms in total. The van der Waals surface area contributed by atoms with Gasteiger partial charge in [-0.05, 0) is 24.8 Å². The van der Waals surface area contributed by atoms with Crippen LogP contribution in [0.1, 0.15) is 11.8 Å². The lowest BCUT2D eigenvalue weighted by Crippen LogP contribution is -2.55. The Hall–Kier alpha value is -0.620. The topological polar surface area (TPSA) is 41.6 Å². The van der Waals surface area contributed by atoms with Gasteiger partial charge in [0.05, 0.1) is 12.7 Å². The van der Waals surface area contributed by atoms with E-state index in [1.807, 2.05) is 20.0 Å². The van der Waals surface area contributed by atoms with Crippen molar-refractivity contribution in [3.05, 3.63) is 22.4 Å². The third-order valence-corrected chi connectivity index (χ3v) is 4.17. The summed E-state index contributed by atoms with van der Waals surface area (Å²) in [5.74, 6) is 0.124. The summed E-state index contributed by atoms with van der Waals surface area (Å²) in [5.41, 5.74) is 0. The van der Waals surface area contributed by atoms with E-state index in [1.165, 1.54) is 4.88 Å². The van der Waals surface area contributed by atoms with E-state index in [2.05, 4.69) is 16.8 Å². The number of thiophene rings is 1. The highest BCUT2D eigenvalue weighted by atomic mass is 35.5. The van der Waals surface area contributed by atoms with Gasteiger partial charge in [-0.1, -0.05) is 6.07 Å². The molecule has 1 amide bonds. The zero-order chi connectivity index (χ0) is 13.0. The maximum Gasteiger partial charge on any atom is 0.242 e. The number of morpholine rings is 1. The SMILES string of the molecule is C[C@H]1OCCN[C@@H]1C(=O)N(C)CCc1cccs1.Cl. The van der Waals surface area contributed by atoms with Gasteiger partial charge in [-0.3, -0.25) is 4.79 Å². The molecule has 0 saturated carbocycles. The van der Waals surface area contributed by atoms with Gasteiger partial charge in [-0.2, -0.15) is 0 Å². The van der Waals surface area contributed by atoms with E-state index in [4.69, 9.17) is 4.74 Å². The lowest BCUT2D eigenvalue weighted by molar-refractivity contribution is -0.138. The number of halogens is 1. The number of carbonyl (C=O) groups is 1. The third-order valence-electron chi connectivity index (χ3n) is 3.23. The van der Waals surface area contributed by atoms with Crippen LogP contribution >= 0.6 is 23.7 Å². The minimum atomic E-state index is -0.202. The molecular formula is C13H21ClN2O2S. The van der Waals surface area contributed by atoms with Crippen molar-refractivity contribution in [3.8, 4) is 0 Å². The van der Waals surface area contributed by atoms with Crippen molar-refractivity contribution < 1.29 is 9.53 Å². The van der Waals surface area contributed by atoms with Crippen molar-refractivity contribution in [2.75, 3.05) is 26.7 Å². The van der Waals surface area contributed by atoms with Gasteiger partial charge >= 0.3 is 0 Å². The van der Waals surface area contributed by atoms with Crippen molar-refractivity contribution in [3.63, 3.8) is 0 Å². The number of likely N-dealkylation sites (N-methyl/N-ethyl adjacent to an activating group) is 1. The Labute approximate surface area is 124 Å². The van der Waals surface area contributed by atoms with Crippen LogP contribution in [-0.2, 0) is 16.0 Å². The van der Waals surface area contributed by atoms with Gasteiger partial charge in [-0.25, -0.2) is 0 Å². The van der Waals surface area contributed by atoms with Crippen LogP contribution in [0.4, 0.5) is 0 Å². The minimum Gasteiger partial charge on any atom is -0.375 e. The second kappa shape index (κ2) is 7.85. The van der Waals surface area contributed by atoms with E-state index >= 15 is 0 Å². The summed E-state index contributed by atoms with van der Waals surface area (Å²) in [6.45, 7) is 4.13. The smallest absolute Gasteiger partial charge is 0.242 e. The van der Waals surface area contributed by atoms with Crippen LogP contribution in [0.5, 0.6) is 0 Å². The molecule has 1 aromatic heterocycles. The van der Waals surface area contributed by atoms with Gasteiger partial charge in [0, 0.05) is 25.0 Å². The van der Waals surface area contributed by atoms with E-state index < -0.39 is 0 Å². The summed E-state index contributed by atoms with van der Waals surface area (Å²) >= 11 is 1.73. The number of hydrogen-bond donors (Lipinski definition) is 1. The number of nitrogens with one attached hydrogen (secondary N) is 1. The molecule has 0 aliphatic carbocycles. The van der Waals surface area contributed by atoms with Crippen LogP contribution < -0.4 is 5.32 Å². The van der Waals surface area contributed by atoms with Crippen molar-refractivity contribution in [2.24, 2.45) is 0 Å².